The number of hydrogen-bond acceptors (Lipinski definition) is 4. The van der Waals surface area contributed by atoms with Gasteiger partial charge in [-0.25, -0.2) is 0 Å². The van der Waals surface area contributed by atoms with Gasteiger partial charge in [-0.2, -0.15) is 0 Å². The average Bonchev–Trinajstić information content (AvgIpc) is 3.23. The summed E-state index contributed by atoms with van der Waals surface area (Å²) in [6.07, 6.45) is 1.60. The highest BCUT2D eigenvalue weighted by atomic mass is 79.9. The molecule has 0 aliphatic carbocycles. The Morgan fingerprint density at radius 1 is 1.07 bits per heavy atom. The van der Waals surface area contributed by atoms with Gasteiger partial charge in [-0.3, -0.25) is 14.5 Å². The predicted octanol–water partition coefficient (Wildman–Crippen LogP) is 6.60. The van der Waals surface area contributed by atoms with E-state index in [1.165, 1.54) is 4.90 Å². The molecule has 4 rings (SSSR count). The number of imide groups is 1. The molecule has 0 unspecified atom stereocenters. The molecule has 0 bridgehead atoms. The van der Waals surface area contributed by atoms with E-state index in [4.69, 9.17) is 16.0 Å². The van der Waals surface area contributed by atoms with Crippen LogP contribution in [0.4, 0.5) is 4.79 Å². The molecule has 1 aliphatic heterocycles. The van der Waals surface area contributed by atoms with E-state index in [1.54, 1.807) is 30.3 Å². The van der Waals surface area contributed by atoms with Crippen LogP contribution in [-0.4, -0.2) is 16.0 Å². The Hall–Kier alpha value is -2.28. The van der Waals surface area contributed by atoms with Crippen LogP contribution < -0.4 is 0 Å². The first-order valence-electron chi connectivity index (χ1n) is 8.35. The summed E-state index contributed by atoms with van der Waals surface area (Å²) in [5.74, 6) is 0.875. The number of hydrogen-bond donors (Lipinski definition) is 0. The number of amides is 2. The topological polar surface area (TPSA) is 50.5 Å². The number of thioether (sulfide) groups is 1. The van der Waals surface area contributed by atoms with Crippen molar-refractivity contribution >= 4 is 56.5 Å². The molecule has 1 fully saturated rings. The first kappa shape index (κ1) is 19.1. The first-order valence-corrected chi connectivity index (χ1v) is 10.3. The van der Waals surface area contributed by atoms with Crippen LogP contribution in [-0.2, 0) is 11.3 Å². The molecule has 2 amide bonds. The predicted molar refractivity (Wildman–Crippen MR) is 115 cm³/mol. The van der Waals surface area contributed by atoms with Crippen LogP contribution in [0.5, 0.6) is 0 Å². The molecular formula is C21H13BrClNO3S. The quantitative estimate of drug-likeness (QED) is 0.400. The number of rotatable bonds is 4. The fraction of sp³-hybridized carbons (Fsp3) is 0.0476. The van der Waals surface area contributed by atoms with Gasteiger partial charge in [0, 0.05) is 21.1 Å². The molecule has 0 spiro atoms. The number of halogens is 2. The van der Waals surface area contributed by atoms with E-state index in [-0.39, 0.29) is 17.7 Å². The lowest BCUT2D eigenvalue weighted by Gasteiger charge is -2.12. The zero-order chi connectivity index (χ0) is 19.7. The van der Waals surface area contributed by atoms with E-state index < -0.39 is 0 Å². The maximum absolute atomic E-state index is 12.7. The minimum absolute atomic E-state index is 0.185. The third-order valence-electron chi connectivity index (χ3n) is 4.13. The standard InChI is InChI=1S/C21H13BrClNO3S/c22-15-6-4-14(5-7-15)18-9-8-17(27-18)11-19-20(25)24(21(26)28-19)12-13-2-1-3-16(23)10-13/h1-11H,12H2/b19-11-. The molecular weight excluding hydrogens is 462 g/mol. The molecule has 1 aliphatic rings. The molecule has 1 saturated heterocycles. The SMILES string of the molecule is O=C1S/C(=C\c2ccc(-c3ccc(Br)cc3)o2)C(=O)N1Cc1cccc(Cl)c1. The lowest BCUT2D eigenvalue weighted by molar-refractivity contribution is -0.123. The molecule has 3 aromatic rings. The van der Waals surface area contributed by atoms with E-state index in [2.05, 4.69) is 15.9 Å². The van der Waals surface area contributed by atoms with Gasteiger partial charge >= 0.3 is 0 Å². The van der Waals surface area contributed by atoms with E-state index in [1.807, 2.05) is 36.4 Å². The van der Waals surface area contributed by atoms with E-state index in [0.717, 1.165) is 27.4 Å². The third-order valence-corrected chi connectivity index (χ3v) is 5.80. The Morgan fingerprint density at radius 2 is 1.86 bits per heavy atom. The molecule has 0 radical (unpaired) electrons. The fourth-order valence-corrected chi connectivity index (χ4v) is 4.08. The fourth-order valence-electron chi connectivity index (χ4n) is 2.78. The van der Waals surface area contributed by atoms with Gasteiger partial charge in [-0.15, -0.1) is 0 Å². The van der Waals surface area contributed by atoms with Crippen molar-refractivity contribution in [2.45, 2.75) is 6.54 Å². The second kappa shape index (κ2) is 7.99. The largest absolute Gasteiger partial charge is 0.457 e. The molecule has 0 atom stereocenters. The van der Waals surface area contributed by atoms with Crippen molar-refractivity contribution in [3.63, 3.8) is 0 Å². The van der Waals surface area contributed by atoms with Gasteiger partial charge in [0.2, 0.25) is 0 Å². The van der Waals surface area contributed by atoms with E-state index in [9.17, 15) is 9.59 Å². The van der Waals surface area contributed by atoms with Crippen molar-refractivity contribution < 1.29 is 14.0 Å². The van der Waals surface area contributed by atoms with Gasteiger partial charge in [0.15, 0.2) is 0 Å². The van der Waals surface area contributed by atoms with Gasteiger partial charge < -0.3 is 4.42 Å². The Morgan fingerprint density at radius 3 is 2.61 bits per heavy atom. The van der Waals surface area contributed by atoms with Gasteiger partial charge in [0.25, 0.3) is 11.1 Å². The molecule has 2 aromatic carbocycles. The third kappa shape index (κ3) is 4.09. The maximum Gasteiger partial charge on any atom is 0.293 e. The molecule has 0 N–H and O–H groups in total. The molecule has 0 saturated carbocycles. The summed E-state index contributed by atoms with van der Waals surface area (Å²) in [6.45, 7) is 0.185. The second-order valence-electron chi connectivity index (χ2n) is 6.11. The summed E-state index contributed by atoms with van der Waals surface area (Å²) < 4.78 is 6.80. The minimum Gasteiger partial charge on any atom is -0.457 e. The molecule has 140 valence electrons. The van der Waals surface area contributed by atoms with Crippen LogP contribution >= 0.6 is 39.3 Å². The first-order chi connectivity index (χ1) is 13.5. The number of carbonyl (C=O) groups is 2. The van der Waals surface area contributed by atoms with Crippen molar-refractivity contribution in [3.8, 4) is 11.3 Å². The van der Waals surface area contributed by atoms with Crippen molar-refractivity contribution in [2.24, 2.45) is 0 Å². The normalized spacial score (nSPS) is 15.6. The monoisotopic (exact) mass is 473 g/mol. The van der Waals surface area contributed by atoms with Crippen molar-refractivity contribution in [1.82, 2.24) is 4.90 Å². The maximum atomic E-state index is 12.7. The van der Waals surface area contributed by atoms with E-state index in [0.29, 0.717) is 21.4 Å². The van der Waals surface area contributed by atoms with Crippen LogP contribution in [0.3, 0.4) is 0 Å². The Labute approximate surface area is 179 Å². The highest BCUT2D eigenvalue weighted by Crippen LogP contribution is 2.34. The second-order valence-corrected chi connectivity index (χ2v) is 8.45. The van der Waals surface area contributed by atoms with Crippen molar-refractivity contribution in [3.05, 3.63) is 86.4 Å². The summed E-state index contributed by atoms with van der Waals surface area (Å²) >= 11 is 10.3. The molecule has 4 nitrogen and oxygen atoms in total. The lowest BCUT2D eigenvalue weighted by atomic mass is 10.2. The molecule has 28 heavy (non-hydrogen) atoms. The number of nitrogens with zero attached hydrogens (tertiary/aromatic N) is 1. The minimum atomic E-state index is -0.337. The van der Waals surface area contributed by atoms with Crippen LogP contribution in [0.1, 0.15) is 11.3 Å². The number of benzene rings is 2. The van der Waals surface area contributed by atoms with Crippen LogP contribution in [0.15, 0.2) is 74.5 Å². The molecule has 1 aromatic heterocycles. The van der Waals surface area contributed by atoms with Crippen molar-refractivity contribution in [2.75, 3.05) is 0 Å². The highest BCUT2D eigenvalue weighted by molar-refractivity contribution is 9.10. The van der Waals surface area contributed by atoms with Gasteiger partial charge in [-0.1, -0.05) is 51.8 Å². The van der Waals surface area contributed by atoms with Gasteiger partial charge in [-0.05, 0) is 53.7 Å². The highest BCUT2D eigenvalue weighted by Gasteiger charge is 2.35. The lowest BCUT2D eigenvalue weighted by Crippen LogP contribution is -2.27. The summed E-state index contributed by atoms with van der Waals surface area (Å²) in [7, 11) is 0. The van der Waals surface area contributed by atoms with Crippen LogP contribution in [0.2, 0.25) is 5.02 Å². The Balaban J connectivity index is 1.53. The molecule has 2 heterocycles. The van der Waals surface area contributed by atoms with E-state index >= 15 is 0 Å². The van der Waals surface area contributed by atoms with Crippen LogP contribution in [0, 0.1) is 0 Å². The smallest absolute Gasteiger partial charge is 0.293 e. The zero-order valence-electron chi connectivity index (χ0n) is 14.4. The summed E-state index contributed by atoms with van der Waals surface area (Å²) in [5.41, 5.74) is 1.73. The Kier molecular flexibility index (Phi) is 5.44. The van der Waals surface area contributed by atoms with Gasteiger partial charge in [0.1, 0.15) is 11.5 Å². The average molecular weight is 475 g/mol. The summed E-state index contributed by atoms with van der Waals surface area (Å²) in [6, 6.07) is 18.5. The molecule has 7 heteroatoms. The zero-order valence-corrected chi connectivity index (χ0v) is 17.6. The van der Waals surface area contributed by atoms with Gasteiger partial charge in [0.05, 0.1) is 11.4 Å². The Bertz CT molecular complexity index is 1090. The van der Waals surface area contributed by atoms with Crippen LogP contribution in [0.25, 0.3) is 17.4 Å². The summed E-state index contributed by atoms with van der Waals surface area (Å²) in [4.78, 5) is 26.5. The van der Waals surface area contributed by atoms with Crippen molar-refractivity contribution in [1.29, 1.82) is 0 Å². The summed E-state index contributed by atoms with van der Waals surface area (Å²) in [5, 5.41) is 0.256. The number of carbonyl (C=O) groups excluding carboxylic acids is 2. The number of furan rings is 1.